The fraction of sp³-hybridized carbons (Fsp3) is 0.552. The van der Waals surface area contributed by atoms with Crippen molar-refractivity contribution in [2.75, 3.05) is 31.2 Å². The van der Waals surface area contributed by atoms with Crippen molar-refractivity contribution >= 4 is 35.1 Å². The predicted octanol–water partition coefficient (Wildman–Crippen LogP) is 3.68. The summed E-state index contributed by atoms with van der Waals surface area (Å²) in [5.41, 5.74) is -0.803. The number of para-hydroxylation sites is 1. The van der Waals surface area contributed by atoms with Crippen LogP contribution in [0.1, 0.15) is 38.7 Å². The van der Waals surface area contributed by atoms with Crippen molar-refractivity contribution in [3.8, 4) is 0 Å². The van der Waals surface area contributed by atoms with Gasteiger partial charge < -0.3 is 24.4 Å². The lowest BCUT2D eigenvalue weighted by atomic mass is 9.62. The summed E-state index contributed by atoms with van der Waals surface area (Å²) in [6, 6.07) is 4.43. The third-order valence-electron chi connectivity index (χ3n) is 8.49. The lowest BCUT2D eigenvalue weighted by Gasteiger charge is -2.37. The average molecular weight is 545 g/mol. The number of ether oxygens (including phenoxy) is 2. The van der Waals surface area contributed by atoms with E-state index in [1.807, 2.05) is 32.9 Å². The summed E-state index contributed by atoms with van der Waals surface area (Å²) in [7, 11) is 0. The smallest absolute Gasteiger partial charge is 0.313 e. The zero-order valence-corrected chi connectivity index (χ0v) is 23.1. The molecule has 2 bridgehead atoms. The number of unbranched alkanes of at least 4 members (excludes halogenated alkanes) is 1. The SMILES string of the molecule is C=CCOC(=O)[C@H]1[C@H]2C(=O)N(CCCCO)C(C(=O)N(CC=C)c3c(C)cccc3Cl)C23CC(C)[C@]1(C)O3. The van der Waals surface area contributed by atoms with Crippen molar-refractivity contribution in [1.29, 1.82) is 0 Å². The minimum Gasteiger partial charge on any atom is -0.461 e. The molecule has 3 heterocycles. The molecule has 3 saturated heterocycles. The molecular formula is C29H37ClN2O6. The van der Waals surface area contributed by atoms with Crippen molar-refractivity contribution in [2.45, 2.75) is 57.3 Å². The average Bonchev–Trinajstić information content (AvgIpc) is 3.38. The van der Waals surface area contributed by atoms with Crippen LogP contribution in [0.3, 0.4) is 0 Å². The number of carbonyl (C=O) groups is 3. The van der Waals surface area contributed by atoms with Crippen molar-refractivity contribution in [3.05, 3.63) is 54.1 Å². The summed E-state index contributed by atoms with van der Waals surface area (Å²) in [6.45, 7) is 13.6. The zero-order chi connectivity index (χ0) is 27.8. The normalized spacial score (nSPS) is 31.3. The maximum Gasteiger partial charge on any atom is 0.313 e. The van der Waals surface area contributed by atoms with E-state index >= 15 is 0 Å². The predicted molar refractivity (Wildman–Crippen MR) is 145 cm³/mol. The summed E-state index contributed by atoms with van der Waals surface area (Å²) in [4.78, 5) is 45.1. The standard InChI is InChI=1S/C29H37ClN2O6/c1-6-13-31(23-18(3)11-10-12-20(23)30)26(35)24-29-17-19(4)28(5,38-29)22(27(36)37-16-7-2)21(29)25(34)32(24)14-8-9-15-33/h6-7,10-12,19,21-22,24,33H,1-2,8-9,13-17H2,3-5H3/t19?,21-,22+,24?,28-,29?/m0/s1. The number of nitrogens with zero attached hydrogens (tertiary/aromatic N) is 2. The van der Waals surface area contributed by atoms with Crippen LogP contribution in [0.25, 0.3) is 0 Å². The molecule has 0 radical (unpaired) electrons. The van der Waals surface area contributed by atoms with Crippen molar-refractivity contribution in [1.82, 2.24) is 4.90 Å². The van der Waals surface area contributed by atoms with Gasteiger partial charge in [0.05, 0.1) is 22.2 Å². The molecule has 0 aromatic heterocycles. The van der Waals surface area contributed by atoms with Gasteiger partial charge in [-0.05, 0) is 50.7 Å². The Morgan fingerprint density at radius 2 is 2.05 bits per heavy atom. The lowest BCUT2D eigenvalue weighted by Crippen LogP contribution is -2.57. The van der Waals surface area contributed by atoms with Crippen LogP contribution in [0.2, 0.25) is 5.02 Å². The number of rotatable bonds is 11. The first-order valence-electron chi connectivity index (χ1n) is 13.2. The van der Waals surface area contributed by atoms with E-state index in [0.717, 1.165) is 5.56 Å². The maximum atomic E-state index is 14.6. The molecule has 3 fully saturated rings. The van der Waals surface area contributed by atoms with Gasteiger partial charge in [0.15, 0.2) is 0 Å². The van der Waals surface area contributed by atoms with Gasteiger partial charge in [0.25, 0.3) is 5.91 Å². The van der Waals surface area contributed by atoms with Gasteiger partial charge >= 0.3 is 5.97 Å². The van der Waals surface area contributed by atoms with Crippen LogP contribution < -0.4 is 4.90 Å². The molecule has 6 atom stereocenters. The number of aliphatic hydroxyl groups excluding tert-OH is 1. The molecule has 0 aliphatic carbocycles. The number of anilines is 1. The number of aryl methyl sites for hydroxylation is 1. The molecule has 8 nitrogen and oxygen atoms in total. The first-order chi connectivity index (χ1) is 18.1. The molecule has 1 aromatic rings. The third-order valence-corrected chi connectivity index (χ3v) is 8.79. The van der Waals surface area contributed by atoms with Gasteiger partial charge in [0.2, 0.25) is 5.91 Å². The highest BCUT2D eigenvalue weighted by molar-refractivity contribution is 6.34. The Morgan fingerprint density at radius 1 is 1.32 bits per heavy atom. The Morgan fingerprint density at radius 3 is 2.68 bits per heavy atom. The number of aliphatic hydroxyl groups is 1. The first-order valence-corrected chi connectivity index (χ1v) is 13.5. The van der Waals surface area contributed by atoms with Crippen molar-refractivity contribution in [2.24, 2.45) is 17.8 Å². The Bertz CT molecular complexity index is 1120. The Hall–Kier alpha value is -2.68. The van der Waals surface area contributed by atoms with Gasteiger partial charge in [0.1, 0.15) is 24.2 Å². The molecule has 3 aliphatic rings. The Labute approximate surface area is 229 Å². The molecular weight excluding hydrogens is 508 g/mol. The summed E-state index contributed by atoms with van der Waals surface area (Å²) in [5, 5.41) is 9.79. The molecule has 4 rings (SSSR count). The number of likely N-dealkylation sites (tertiary alicyclic amines) is 1. The topological polar surface area (TPSA) is 96.4 Å². The monoisotopic (exact) mass is 544 g/mol. The van der Waals surface area contributed by atoms with Gasteiger partial charge in [0, 0.05) is 19.7 Å². The maximum absolute atomic E-state index is 14.6. The van der Waals surface area contributed by atoms with Crippen LogP contribution >= 0.6 is 11.6 Å². The molecule has 3 unspecified atom stereocenters. The molecule has 1 N–H and O–H groups in total. The van der Waals surface area contributed by atoms with Crippen molar-refractivity contribution in [3.63, 3.8) is 0 Å². The van der Waals surface area contributed by atoms with Gasteiger partial charge in [-0.1, -0.05) is 49.4 Å². The van der Waals surface area contributed by atoms with Gasteiger partial charge in [-0.3, -0.25) is 14.4 Å². The number of fused-ring (bicyclic) bond motifs is 1. The van der Waals surface area contributed by atoms with Crippen LogP contribution in [-0.4, -0.2) is 71.3 Å². The van der Waals surface area contributed by atoms with E-state index in [-0.39, 0.29) is 44.0 Å². The molecule has 38 heavy (non-hydrogen) atoms. The van der Waals surface area contributed by atoms with E-state index in [2.05, 4.69) is 13.2 Å². The van der Waals surface area contributed by atoms with Crippen LogP contribution in [-0.2, 0) is 23.9 Å². The number of carbonyl (C=O) groups excluding carboxylic acids is 3. The highest BCUT2D eigenvalue weighted by Crippen LogP contribution is 2.65. The Kier molecular flexibility index (Phi) is 8.07. The summed E-state index contributed by atoms with van der Waals surface area (Å²) < 4.78 is 12.2. The molecule has 3 aliphatic heterocycles. The first kappa shape index (κ1) is 28.3. The third kappa shape index (κ3) is 4.27. The minimum absolute atomic E-state index is 0.0230. The van der Waals surface area contributed by atoms with Crippen LogP contribution in [0.15, 0.2) is 43.5 Å². The molecule has 1 spiro atoms. The lowest BCUT2D eigenvalue weighted by molar-refractivity contribution is -0.160. The molecule has 206 valence electrons. The highest BCUT2D eigenvalue weighted by Gasteiger charge is 2.80. The highest BCUT2D eigenvalue weighted by atomic mass is 35.5. The Balaban J connectivity index is 1.84. The summed E-state index contributed by atoms with van der Waals surface area (Å²) in [5.74, 6) is -2.97. The van der Waals surface area contributed by atoms with E-state index in [9.17, 15) is 19.5 Å². The second-order valence-corrected chi connectivity index (χ2v) is 11.1. The van der Waals surface area contributed by atoms with E-state index in [0.29, 0.717) is 30.0 Å². The fourth-order valence-electron chi connectivity index (χ4n) is 6.77. The number of hydrogen-bond donors (Lipinski definition) is 1. The van der Waals surface area contributed by atoms with Gasteiger partial charge in [-0.2, -0.15) is 0 Å². The van der Waals surface area contributed by atoms with E-state index in [1.54, 1.807) is 21.9 Å². The molecule has 9 heteroatoms. The largest absolute Gasteiger partial charge is 0.461 e. The van der Waals surface area contributed by atoms with Crippen molar-refractivity contribution < 1.29 is 29.0 Å². The van der Waals surface area contributed by atoms with E-state index in [4.69, 9.17) is 21.1 Å². The fourth-order valence-corrected chi connectivity index (χ4v) is 7.10. The van der Waals surface area contributed by atoms with Gasteiger partial charge in [-0.15, -0.1) is 6.58 Å². The summed E-state index contributed by atoms with van der Waals surface area (Å²) in [6.07, 6.45) is 4.52. The number of amides is 2. The number of halogens is 1. The number of benzene rings is 1. The molecule has 0 saturated carbocycles. The zero-order valence-electron chi connectivity index (χ0n) is 22.3. The van der Waals surface area contributed by atoms with Crippen LogP contribution in [0.4, 0.5) is 5.69 Å². The minimum atomic E-state index is -1.20. The van der Waals surface area contributed by atoms with Gasteiger partial charge in [-0.25, -0.2) is 0 Å². The second-order valence-electron chi connectivity index (χ2n) is 10.7. The second kappa shape index (κ2) is 10.8. The van der Waals surface area contributed by atoms with Crippen LogP contribution in [0, 0.1) is 24.7 Å². The number of hydrogen-bond acceptors (Lipinski definition) is 6. The van der Waals surface area contributed by atoms with E-state index in [1.165, 1.54) is 6.08 Å². The summed E-state index contributed by atoms with van der Waals surface area (Å²) >= 11 is 6.59. The molecule has 1 aromatic carbocycles. The van der Waals surface area contributed by atoms with E-state index < -0.39 is 35.0 Å². The van der Waals surface area contributed by atoms with Crippen LogP contribution in [0.5, 0.6) is 0 Å². The molecule has 2 amide bonds. The quantitative estimate of drug-likeness (QED) is 0.259. The number of esters is 1.